The molecule has 0 aromatic rings. The normalized spacial score (nSPS) is 11.1. The largest absolute Gasteiger partial charge is 0.480 e. The van der Waals surface area contributed by atoms with Crippen molar-refractivity contribution in [2.45, 2.75) is 19.9 Å². The van der Waals surface area contributed by atoms with Gasteiger partial charge in [-0.3, -0.25) is 4.79 Å². The second-order valence-electron chi connectivity index (χ2n) is 2.72. The van der Waals surface area contributed by atoms with Crippen molar-refractivity contribution in [3.8, 4) is 0 Å². The topological polar surface area (TPSA) is 138 Å². The Kier molecular flexibility index (Phi) is 7.27. The Hall–Kier alpha value is -1.63. The van der Waals surface area contributed by atoms with E-state index < -0.39 is 23.9 Å². The highest BCUT2D eigenvalue weighted by Gasteiger charge is 2.14. The van der Waals surface area contributed by atoms with E-state index in [1.54, 1.807) is 13.8 Å². The first-order chi connectivity index (χ1) is 6.20. The fraction of sp³-hybridized carbons (Fsp3) is 0.571. The van der Waals surface area contributed by atoms with Gasteiger partial charge in [0, 0.05) is 0 Å². The molecule has 0 spiro atoms. The van der Waals surface area contributed by atoms with Crippen molar-refractivity contribution in [1.82, 2.24) is 0 Å². The zero-order valence-electron chi connectivity index (χ0n) is 7.80. The maximum Gasteiger partial charge on any atom is 0.414 e. The van der Waals surface area contributed by atoms with Crippen LogP contribution in [0.1, 0.15) is 13.8 Å². The molecule has 0 amide bonds. The van der Waals surface area contributed by atoms with Gasteiger partial charge >= 0.3 is 17.9 Å². The van der Waals surface area contributed by atoms with Crippen molar-refractivity contribution in [2.75, 3.05) is 0 Å². The van der Waals surface area contributed by atoms with Crippen LogP contribution in [0.15, 0.2) is 0 Å². The van der Waals surface area contributed by atoms with Gasteiger partial charge in [0.1, 0.15) is 6.04 Å². The number of carboxylic acids is 3. The van der Waals surface area contributed by atoms with Gasteiger partial charge in [-0.25, -0.2) is 9.59 Å². The van der Waals surface area contributed by atoms with Crippen LogP contribution in [-0.4, -0.2) is 39.3 Å². The second-order valence-corrected chi connectivity index (χ2v) is 2.72. The zero-order chi connectivity index (χ0) is 11.9. The molecule has 0 aliphatic heterocycles. The predicted octanol–water partition coefficient (Wildman–Crippen LogP) is -0.790. The standard InChI is InChI=1S/C5H11NO2.C2H2O4/c1-3(2)4(6)5(7)8;3-1(4)2(5)6/h3-4H,6H2,1-2H3,(H,7,8);(H,3,4)(H,5,6). The number of aliphatic carboxylic acids is 3. The van der Waals surface area contributed by atoms with E-state index in [2.05, 4.69) is 0 Å². The molecule has 14 heavy (non-hydrogen) atoms. The highest BCUT2D eigenvalue weighted by molar-refractivity contribution is 6.27. The van der Waals surface area contributed by atoms with E-state index in [-0.39, 0.29) is 5.92 Å². The smallest absolute Gasteiger partial charge is 0.414 e. The molecular weight excluding hydrogens is 194 g/mol. The van der Waals surface area contributed by atoms with Crippen LogP contribution < -0.4 is 5.73 Å². The summed E-state index contributed by atoms with van der Waals surface area (Å²) in [6.07, 6.45) is 0. The summed E-state index contributed by atoms with van der Waals surface area (Å²) in [6.45, 7) is 3.55. The lowest BCUT2D eigenvalue weighted by Crippen LogP contribution is -2.34. The molecule has 1 unspecified atom stereocenters. The lowest BCUT2D eigenvalue weighted by Gasteiger charge is -2.07. The molecule has 0 saturated heterocycles. The number of carboxylic acid groups (broad SMARTS) is 3. The Morgan fingerprint density at radius 3 is 1.29 bits per heavy atom. The minimum absolute atomic E-state index is 0.0208. The highest BCUT2D eigenvalue weighted by atomic mass is 16.4. The summed E-state index contributed by atoms with van der Waals surface area (Å²) < 4.78 is 0. The summed E-state index contributed by atoms with van der Waals surface area (Å²) >= 11 is 0. The van der Waals surface area contributed by atoms with Crippen molar-refractivity contribution in [3.63, 3.8) is 0 Å². The van der Waals surface area contributed by atoms with Crippen molar-refractivity contribution < 1.29 is 29.7 Å². The number of hydrogen-bond acceptors (Lipinski definition) is 4. The van der Waals surface area contributed by atoms with Crippen molar-refractivity contribution in [3.05, 3.63) is 0 Å². The van der Waals surface area contributed by atoms with Gasteiger partial charge in [-0.05, 0) is 5.92 Å². The van der Waals surface area contributed by atoms with Gasteiger partial charge in [0.25, 0.3) is 0 Å². The molecule has 0 aliphatic rings. The molecule has 7 nitrogen and oxygen atoms in total. The predicted molar refractivity (Wildman–Crippen MR) is 45.7 cm³/mol. The number of nitrogens with two attached hydrogens (primary N) is 1. The van der Waals surface area contributed by atoms with Crippen LogP contribution in [0.5, 0.6) is 0 Å². The summed E-state index contributed by atoms with van der Waals surface area (Å²) in [7, 11) is 0. The molecule has 0 rings (SSSR count). The third kappa shape index (κ3) is 8.47. The Morgan fingerprint density at radius 2 is 1.29 bits per heavy atom. The first kappa shape index (κ1) is 14.9. The zero-order valence-corrected chi connectivity index (χ0v) is 7.80. The van der Waals surface area contributed by atoms with Crippen LogP contribution in [0.3, 0.4) is 0 Å². The lowest BCUT2D eigenvalue weighted by atomic mass is 10.1. The van der Waals surface area contributed by atoms with E-state index in [4.69, 9.17) is 30.6 Å². The quantitative estimate of drug-likeness (QED) is 0.435. The fourth-order valence-corrected chi connectivity index (χ4v) is 0.285. The van der Waals surface area contributed by atoms with E-state index in [1.807, 2.05) is 0 Å². The average Bonchev–Trinajstić information content (AvgIpc) is 2.03. The maximum absolute atomic E-state index is 10.0. The Balaban J connectivity index is 0. The molecule has 0 heterocycles. The lowest BCUT2D eigenvalue weighted by molar-refractivity contribution is -0.159. The third-order valence-corrected chi connectivity index (χ3v) is 1.19. The van der Waals surface area contributed by atoms with Crippen LogP contribution in [0, 0.1) is 5.92 Å². The average molecular weight is 207 g/mol. The van der Waals surface area contributed by atoms with Crippen LogP contribution in [0.4, 0.5) is 0 Å². The van der Waals surface area contributed by atoms with Gasteiger partial charge in [0.05, 0.1) is 0 Å². The molecular formula is C7H13NO6. The van der Waals surface area contributed by atoms with Crippen LogP contribution in [0.2, 0.25) is 0 Å². The van der Waals surface area contributed by atoms with E-state index in [1.165, 1.54) is 0 Å². The molecule has 82 valence electrons. The third-order valence-electron chi connectivity index (χ3n) is 1.19. The number of carbonyl (C=O) groups is 3. The van der Waals surface area contributed by atoms with Gasteiger partial charge in [-0.1, -0.05) is 13.8 Å². The van der Waals surface area contributed by atoms with Crippen LogP contribution >= 0.6 is 0 Å². The van der Waals surface area contributed by atoms with E-state index in [0.717, 1.165) is 0 Å². The fourth-order valence-electron chi connectivity index (χ4n) is 0.285. The Bertz CT molecular complexity index is 212. The van der Waals surface area contributed by atoms with E-state index in [9.17, 15) is 4.79 Å². The minimum Gasteiger partial charge on any atom is -0.480 e. The van der Waals surface area contributed by atoms with Gasteiger partial charge in [-0.2, -0.15) is 0 Å². The molecule has 1 atom stereocenters. The summed E-state index contributed by atoms with van der Waals surface area (Å²) in [5.74, 6) is -4.56. The molecule has 0 aromatic carbocycles. The molecule has 5 N–H and O–H groups in total. The Labute approximate surface area is 80.1 Å². The molecule has 0 aliphatic carbocycles. The van der Waals surface area contributed by atoms with Crippen molar-refractivity contribution >= 4 is 17.9 Å². The summed E-state index contributed by atoms with van der Waals surface area (Å²) in [6, 6.07) is -0.713. The van der Waals surface area contributed by atoms with E-state index >= 15 is 0 Å². The van der Waals surface area contributed by atoms with Gasteiger partial charge < -0.3 is 21.1 Å². The first-order valence-corrected chi connectivity index (χ1v) is 3.64. The monoisotopic (exact) mass is 207 g/mol. The second kappa shape index (κ2) is 6.84. The molecule has 0 fully saturated rings. The minimum atomic E-state index is -1.82. The van der Waals surface area contributed by atoms with Gasteiger partial charge in [0.15, 0.2) is 0 Å². The molecule has 0 aromatic heterocycles. The molecule has 0 saturated carbocycles. The van der Waals surface area contributed by atoms with Crippen molar-refractivity contribution in [1.29, 1.82) is 0 Å². The highest BCUT2D eigenvalue weighted by Crippen LogP contribution is 1.96. The number of hydrogen-bond donors (Lipinski definition) is 4. The van der Waals surface area contributed by atoms with Crippen LogP contribution in [0.25, 0.3) is 0 Å². The molecule has 0 bridgehead atoms. The van der Waals surface area contributed by atoms with Gasteiger partial charge in [0.2, 0.25) is 0 Å². The summed E-state index contributed by atoms with van der Waals surface area (Å²) in [4.78, 5) is 28.2. The summed E-state index contributed by atoms with van der Waals surface area (Å²) in [5, 5.41) is 23.0. The first-order valence-electron chi connectivity index (χ1n) is 3.64. The Morgan fingerprint density at radius 1 is 1.00 bits per heavy atom. The van der Waals surface area contributed by atoms with Crippen molar-refractivity contribution in [2.24, 2.45) is 11.7 Å². The molecule has 7 heteroatoms. The van der Waals surface area contributed by atoms with Gasteiger partial charge in [-0.15, -0.1) is 0 Å². The van der Waals surface area contributed by atoms with Crippen LogP contribution in [-0.2, 0) is 14.4 Å². The SMILES string of the molecule is CC(C)C(N)C(=O)O.O=C(O)C(=O)O. The molecule has 0 radical (unpaired) electrons. The number of rotatable bonds is 2. The summed E-state index contributed by atoms with van der Waals surface area (Å²) in [5.41, 5.74) is 5.16. The van der Waals surface area contributed by atoms with E-state index in [0.29, 0.717) is 0 Å². The maximum atomic E-state index is 10.0.